The summed E-state index contributed by atoms with van der Waals surface area (Å²) in [5, 5.41) is 9.89. The van der Waals surface area contributed by atoms with E-state index < -0.39 is 17.7 Å². The van der Waals surface area contributed by atoms with Gasteiger partial charge in [-0.25, -0.2) is 8.78 Å². The molecule has 1 rings (SSSR count). The van der Waals surface area contributed by atoms with E-state index in [9.17, 15) is 13.9 Å². The Kier molecular flexibility index (Phi) is 4.21. The maximum Gasteiger partial charge on any atom is 0.131 e. The number of benzene rings is 1. The SMILES string of the molecule is CCC(CC)C(O)c1ccc(F)cc1F. The molecule has 0 radical (unpaired) electrons. The smallest absolute Gasteiger partial charge is 0.131 e. The van der Waals surface area contributed by atoms with Crippen LogP contribution in [0.15, 0.2) is 18.2 Å². The van der Waals surface area contributed by atoms with Crippen LogP contribution in [0.3, 0.4) is 0 Å². The predicted octanol–water partition coefficient (Wildman–Crippen LogP) is 3.43. The Hall–Kier alpha value is -0.960. The highest BCUT2D eigenvalue weighted by molar-refractivity contribution is 5.21. The van der Waals surface area contributed by atoms with Crippen molar-refractivity contribution in [3.63, 3.8) is 0 Å². The fraction of sp³-hybridized carbons (Fsp3) is 0.500. The molecule has 15 heavy (non-hydrogen) atoms. The van der Waals surface area contributed by atoms with E-state index in [-0.39, 0.29) is 11.5 Å². The van der Waals surface area contributed by atoms with Crippen molar-refractivity contribution in [2.45, 2.75) is 32.8 Å². The van der Waals surface area contributed by atoms with Crippen LogP contribution in [0.4, 0.5) is 8.78 Å². The summed E-state index contributed by atoms with van der Waals surface area (Å²) in [6, 6.07) is 3.29. The Morgan fingerprint density at radius 2 is 1.80 bits per heavy atom. The summed E-state index contributed by atoms with van der Waals surface area (Å²) < 4.78 is 26.0. The molecule has 0 heterocycles. The normalized spacial score (nSPS) is 13.2. The molecule has 0 saturated heterocycles. The van der Waals surface area contributed by atoms with Gasteiger partial charge < -0.3 is 5.11 Å². The lowest BCUT2D eigenvalue weighted by molar-refractivity contribution is 0.0994. The van der Waals surface area contributed by atoms with Crippen molar-refractivity contribution in [1.82, 2.24) is 0 Å². The Morgan fingerprint density at radius 3 is 2.27 bits per heavy atom. The van der Waals surface area contributed by atoms with Crippen molar-refractivity contribution >= 4 is 0 Å². The van der Waals surface area contributed by atoms with E-state index in [4.69, 9.17) is 0 Å². The second kappa shape index (κ2) is 5.21. The van der Waals surface area contributed by atoms with E-state index in [1.807, 2.05) is 13.8 Å². The van der Waals surface area contributed by atoms with E-state index >= 15 is 0 Å². The molecule has 0 bridgehead atoms. The predicted molar refractivity (Wildman–Crippen MR) is 55.4 cm³/mol. The van der Waals surface area contributed by atoms with Crippen molar-refractivity contribution in [1.29, 1.82) is 0 Å². The lowest BCUT2D eigenvalue weighted by Gasteiger charge is -2.20. The van der Waals surface area contributed by atoms with Gasteiger partial charge in [0, 0.05) is 11.6 Å². The molecule has 0 saturated carbocycles. The molecule has 0 aromatic heterocycles. The number of aliphatic hydroxyl groups is 1. The van der Waals surface area contributed by atoms with Gasteiger partial charge in [0.25, 0.3) is 0 Å². The van der Waals surface area contributed by atoms with E-state index in [2.05, 4.69) is 0 Å². The number of hydrogen-bond acceptors (Lipinski definition) is 1. The molecular formula is C12H16F2O. The van der Waals surface area contributed by atoms with Crippen molar-refractivity contribution in [2.75, 3.05) is 0 Å². The largest absolute Gasteiger partial charge is 0.388 e. The Labute approximate surface area is 88.7 Å². The standard InChI is InChI=1S/C12H16F2O/c1-3-8(4-2)12(15)10-6-5-9(13)7-11(10)14/h5-8,12,15H,3-4H2,1-2H3. The van der Waals surface area contributed by atoms with Crippen molar-refractivity contribution in [3.8, 4) is 0 Å². The molecule has 0 fully saturated rings. The lowest BCUT2D eigenvalue weighted by atomic mass is 9.91. The summed E-state index contributed by atoms with van der Waals surface area (Å²) >= 11 is 0. The summed E-state index contributed by atoms with van der Waals surface area (Å²) in [6.07, 6.45) is 0.698. The maximum atomic E-state index is 13.3. The third kappa shape index (κ3) is 2.75. The highest BCUT2D eigenvalue weighted by Crippen LogP contribution is 2.28. The Balaban J connectivity index is 2.94. The first-order valence-corrected chi connectivity index (χ1v) is 5.23. The van der Waals surface area contributed by atoms with Gasteiger partial charge in [-0.2, -0.15) is 0 Å². The third-order valence-electron chi connectivity index (χ3n) is 2.78. The molecule has 0 amide bonds. The number of halogens is 2. The molecule has 1 aromatic carbocycles. The van der Waals surface area contributed by atoms with E-state index in [1.54, 1.807) is 0 Å². The van der Waals surface area contributed by atoms with Crippen LogP contribution in [0.1, 0.15) is 38.4 Å². The van der Waals surface area contributed by atoms with Gasteiger partial charge in [-0.3, -0.25) is 0 Å². The molecule has 0 aliphatic carbocycles. The van der Waals surface area contributed by atoms with Crippen molar-refractivity contribution < 1.29 is 13.9 Å². The second-order valence-electron chi connectivity index (χ2n) is 3.69. The summed E-state index contributed by atoms with van der Waals surface area (Å²) in [5.41, 5.74) is 0.185. The molecule has 84 valence electrons. The van der Waals surface area contributed by atoms with Gasteiger partial charge in [0.2, 0.25) is 0 Å². The molecular weight excluding hydrogens is 198 g/mol. The summed E-state index contributed by atoms with van der Waals surface area (Å²) in [6.45, 7) is 3.89. The molecule has 0 spiro atoms. The fourth-order valence-electron chi connectivity index (χ4n) is 1.73. The highest BCUT2D eigenvalue weighted by Gasteiger charge is 2.20. The average molecular weight is 214 g/mol. The van der Waals surface area contributed by atoms with E-state index in [0.717, 1.165) is 18.9 Å². The zero-order chi connectivity index (χ0) is 11.4. The minimum Gasteiger partial charge on any atom is -0.388 e. The van der Waals surface area contributed by atoms with Crippen LogP contribution < -0.4 is 0 Å². The summed E-state index contributed by atoms with van der Waals surface area (Å²) in [7, 11) is 0. The lowest BCUT2D eigenvalue weighted by Crippen LogP contribution is -2.12. The highest BCUT2D eigenvalue weighted by atomic mass is 19.1. The monoisotopic (exact) mass is 214 g/mol. The number of rotatable bonds is 4. The molecule has 3 heteroatoms. The van der Waals surface area contributed by atoms with Gasteiger partial charge in [0.15, 0.2) is 0 Å². The van der Waals surface area contributed by atoms with Crippen LogP contribution in [0, 0.1) is 17.6 Å². The van der Waals surface area contributed by atoms with Crippen LogP contribution in [0.25, 0.3) is 0 Å². The van der Waals surface area contributed by atoms with Gasteiger partial charge >= 0.3 is 0 Å². The average Bonchev–Trinajstić information content (AvgIpc) is 2.19. The zero-order valence-electron chi connectivity index (χ0n) is 9.00. The quantitative estimate of drug-likeness (QED) is 0.814. The second-order valence-corrected chi connectivity index (χ2v) is 3.69. The first kappa shape index (κ1) is 12.1. The Morgan fingerprint density at radius 1 is 1.20 bits per heavy atom. The van der Waals surface area contributed by atoms with Crippen LogP contribution in [0.2, 0.25) is 0 Å². The van der Waals surface area contributed by atoms with Crippen LogP contribution >= 0.6 is 0 Å². The number of hydrogen-bond donors (Lipinski definition) is 1. The van der Waals surface area contributed by atoms with E-state index in [0.29, 0.717) is 0 Å². The van der Waals surface area contributed by atoms with Gasteiger partial charge in [-0.15, -0.1) is 0 Å². The minimum atomic E-state index is -0.847. The van der Waals surface area contributed by atoms with E-state index in [1.165, 1.54) is 12.1 Å². The summed E-state index contributed by atoms with van der Waals surface area (Å²) in [4.78, 5) is 0. The summed E-state index contributed by atoms with van der Waals surface area (Å²) in [5.74, 6) is -1.27. The molecule has 1 aromatic rings. The van der Waals surface area contributed by atoms with Crippen LogP contribution in [-0.4, -0.2) is 5.11 Å². The molecule has 0 aliphatic rings. The van der Waals surface area contributed by atoms with Crippen LogP contribution in [-0.2, 0) is 0 Å². The van der Waals surface area contributed by atoms with Crippen molar-refractivity contribution in [2.24, 2.45) is 5.92 Å². The molecule has 1 N–H and O–H groups in total. The van der Waals surface area contributed by atoms with Gasteiger partial charge in [-0.1, -0.05) is 32.8 Å². The Bertz CT molecular complexity index is 321. The molecule has 1 unspecified atom stereocenters. The first-order valence-electron chi connectivity index (χ1n) is 5.23. The fourth-order valence-corrected chi connectivity index (χ4v) is 1.73. The number of aliphatic hydroxyl groups excluding tert-OH is 1. The van der Waals surface area contributed by atoms with Crippen molar-refractivity contribution in [3.05, 3.63) is 35.4 Å². The third-order valence-corrected chi connectivity index (χ3v) is 2.78. The van der Waals surface area contributed by atoms with Gasteiger partial charge in [0.05, 0.1) is 6.10 Å². The van der Waals surface area contributed by atoms with Gasteiger partial charge in [-0.05, 0) is 12.0 Å². The van der Waals surface area contributed by atoms with Gasteiger partial charge in [0.1, 0.15) is 11.6 Å². The molecule has 1 nitrogen and oxygen atoms in total. The zero-order valence-corrected chi connectivity index (χ0v) is 9.00. The van der Waals surface area contributed by atoms with Crippen LogP contribution in [0.5, 0.6) is 0 Å². The maximum absolute atomic E-state index is 13.3. The molecule has 0 aliphatic heterocycles. The topological polar surface area (TPSA) is 20.2 Å². The first-order chi connectivity index (χ1) is 7.10. The minimum absolute atomic E-state index is 0.0185. The molecule has 1 atom stereocenters.